The highest BCUT2D eigenvalue weighted by atomic mass is 32.2. The molecule has 0 spiro atoms. The Kier molecular flexibility index (Phi) is 5.41. The predicted molar refractivity (Wildman–Crippen MR) is 101 cm³/mol. The lowest BCUT2D eigenvalue weighted by Crippen LogP contribution is -2.43. The van der Waals surface area contributed by atoms with Crippen molar-refractivity contribution < 1.29 is 12.8 Å². The Morgan fingerprint density at radius 1 is 1.00 bits per heavy atom. The monoisotopic (exact) mass is 374 g/mol. The number of piperidine rings is 1. The molecule has 1 aliphatic heterocycles. The highest BCUT2D eigenvalue weighted by Gasteiger charge is 2.27. The van der Waals surface area contributed by atoms with Crippen molar-refractivity contribution in [2.24, 2.45) is 16.2 Å². The van der Waals surface area contributed by atoms with Gasteiger partial charge in [-0.15, -0.1) is 4.40 Å². The number of rotatable bonds is 3. The van der Waals surface area contributed by atoms with E-state index in [-0.39, 0.29) is 4.90 Å². The van der Waals surface area contributed by atoms with Crippen LogP contribution in [-0.2, 0) is 10.0 Å². The van der Waals surface area contributed by atoms with Crippen molar-refractivity contribution in [3.05, 3.63) is 66.0 Å². The average molecular weight is 374 g/mol. The summed E-state index contributed by atoms with van der Waals surface area (Å²) in [6, 6.07) is 14.1. The fourth-order valence-electron chi connectivity index (χ4n) is 3.49. The SMILES string of the molecule is C[C@@H]1C[C@@H](C)CN(C(=NS(=O)(=O)c2ccc(F)cc2)c2ccccc2)C1. The second-order valence-corrected chi connectivity index (χ2v) is 8.67. The Balaban J connectivity index is 2.05. The number of sulfonamides is 1. The summed E-state index contributed by atoms with van der Waals surface area (Å²) in [5.74, 6) is 0.894. The molecule has 0 aromatic heterocycles. The summed E-state index contributed by atoms with van der Waals surface area (Å²) in [5, 5.41) is 0. The third-order valence-electron chi connectivity index (χ3n) is 4.52. The van der Waals surface area contributed by atoms with Crippen LogP contribution in [0.2, 0.25) is 0 Å². The number of hydrogen-bond acceptors (Lipinski definition) is 2. The molecule has 0 unspecified atom stereocenters. The van der Waals surface area contributed by atoms with Crippen LogP contribution >= 0.6 is 0 Å². The van der Waals surface area contributed by atoms with E-state index in [0.717, 1.165) is 37.2 Å². The first-order valence-corrected chi connectivity index (χ1v) is 10.2. The van der Waals surface area contributed by atoms with Crippen molar-refractivity contribution in [3.8, 4) is 0 Å². The van der Waals surface area contributed by atoms with Gasteiger partial charge in [-0.2, -0.15) is 8.42 Å². The van der Waals surface area contributed by atoms with Gasteiger partial charge in [0.05, 0.1) is 4.90 Å². The number of amidine groups is 1. The molecule has 0 radical (unpaired) electrons. The zero-order valence-electron chi connectivity index (χ0n) is 15.0. The molecule has 2 aromatic rings. The van der Waals surface area contributed by atoms with E-state index in [1.54, 1.807) is 0 Å². The van der Waals surface area contributed by atoms with Gasteiger partial charge >= 0.3 is 0 Å². The van der Waals surface area contributed by atoms with E-state index in [0.29, 0.717) is 17.7 Å². The van der Waals surface area contributed by atoms with E-state index >= 15 is 0 Å². The Morgan fingerprint density at radius 2 is 1.58 bits per heavy atom. The molecule has 2 atom stereocenters. The smallest absolute Gasteiger partial charge is 0.284 e. The van der Waals surface area contributed by atoms with Crippen molar-refractivity contribution in [3.63, 3.8) is 0 Å². The van der Waals surface area contributed by atoms with Crippen molar-refractivity contribution in [2.75, 3.05) is 13.1 Å². The van der Waals surface area contributed by atoms with Crippen LogP contribution in [0.5, 0.6) is 0 Å². The highest BCUT2D eigenvalue weighted by Crippen LogP contribution is 2.24. The van der Waals surface area contributed by atoms with Crippen LogP contribution < -0.4 is 0 Å². The highest BCUT2D eigenvalue weighted by molar-refractivity contribution is 7.90. The largest absolute Gasteiger partial charge is 0.355 e. The van der Waals surface area contributed by atoms with E-state index in [1.165, 1.54) is 12.1 Å². The predicted octanol–water partition coefficient (Wildman–Crippen LogP) is 3.94. The first-order chi connectivity index (χ1) is 12.3. The normalized spacial score (nSPS) is 21.7. The van der Waals surface area contributed by atoms with Crippen molar-refractivity contribution >= 4 is 15.9 Å². The Labute approximate surface area is 154 Å². The van der Waals surface area contributed by atoms with Gasteiger partial charge in [0.2, 0.25) is 0 Å². The number of benzene rings is 2. The van der Waals surface area contributed by atoms with E-state index in [9.17, 15) is 12.8 Å². The molecule has 0 aliphatic carbocycles. The van der Waals surface area contributed by atoms with Crippen molar-refractivity contribution in [2.45, 2.75) is 25.2 Å². The summed E-state index contributed by atoms with van der Waals surface area (Å²) in [5.41, 5.74) is 0.763. The van der Waals surface area contributed by atoms with Gasteiger partial charge in [0.15, 0.2) is 0 Å². The van der Waals surface area contributed by atoms with Gasteiger partial charge in [0.1, 0.15) is 11.7 Å². The van der Waals surface area contributed by atoms with Crippen molar-refractivity contribution in [1.82, 2.24) is 4.90 Å². The Hall–Kier alpha value is -2.21. The molecule has 0 saturated carbocycles. The van der Waals surface area contributed by atoms with E-state index in [2.05, 4.69) is 23.1 Å². The maximum atomic E-state index is 13.1. The lowest BCUT2D eigenvalue weighted by Gasteiger charge is -2.37. The number of hydrogen-bond donors (Lipinski definition) is 0. The molecule has 1 heterocycles. The number of halogens is 1. The molecule has 1 fully saturated rings. The maximum absolute atomic E-state index is 13.1. The Morgan fingerprint density at radius 3 is 2.15 bits per heavy atom. The molecular formula is C20H23FN2O2S. The van der Waals surface area contributed by atoms with E-state index in [4.69, 9.17) is 0 Å². The second-order valence-electron chi connectivity index (χ2n) is 7.06. The molecule has 6 heteroatoms. The minimum Gasteiger partial charge on any atom is -0.355 e. The molecule has 2 aromatic carbocycles. The molecule has 3 rings (SSSR count). The van der Waals surface area contributed by atoms with Crippen LogP contribution in [0.4, 0.5) is 4.39 Å². The van der Waals surface area contributed by atoms with Gasteiger partial charge in [-0.3, -0.25) is 0 Å². The minimum absolute atomic E-state index is 0.00885. The van der Waals surface area contributed by atoms with Crippen LogP contribution in [0.25, 0.3) is 0 Å². The summed E-state index contributed by atoms with van der Waals surface area (Å²) >= 11 is 0. The van der Waals surface area contributed by atoms with Gasteiger partial charge in [-0.05, 0) is 42.5 Å². The summed E-state index contributed by atoms with van der Waals surface area (Å²) in [4.78, 5) is 2.04. The molecule has 1 saturated heterocycles. The van der Waals surface area contributed by atoms with Gasteiger partial charge in [0.25, 0.3) is 10.0 Å². The molecule has 0 bridgehead atoms. The van der Waals surface area contributed by atoms with Crippen LogP contribution in [0.1, 0.15) is 25.8 Å². The van der Waals surface area contributed by atoms with Gasteiger partial charge in [-0.1, -0.05) is 44.2 Å². The molecule has 138 valence electrons. The molecule has 0 N–H and O–H groups in total. The fourth-order valence-corrected chi connectivity index (χ4v) is 4.52. The first kappa shape index (κ1) is 18.6. The zero-order chi connectivity index (χ0) is 18.7. The number of nitrogens with zero attached hydrogens (tertiary/aromatic N) is 2. The third-order valence-corrected chi connectivity index (χ3v) is 5.80. The van der Waals surface area contributed by atoms with Crippen LogP contribution in [0.15, 0.2) is 63.9 Å². The van der Waals surface area contributed by atoms with Gasteiger partial charge < -0.3 is 4.90 Å². The van der Waals surface area contributed by atoms with E-state index < -0.39 is 15.8 Å². The van der Waals surface area contributed by atoms with Gasteiger partial charge in [0, 0.05) is 18.7 Å². The van der Waals surface area contributed by atoms with Crippen LogP contribution in [-0.4, -0.2) is 32.2 Å². The quantitative estimate of drug-likeness (QED) is 0.604. The summed E-state index contributed by atoms with van der Waals surface area (Å²) in [7, 11) is -3.93. The van der Waals surface area contributed by atoms with Crippen molar-refractivity contribution in [1.29, 1.82) is 0 Å². The molecule has 1 aliphatic rings. The van der Waals surface area contributed by atoms with E-state index in [1.807, 2.05) is 30.3 Å². The molecule has 0 amide bonds. The molecule has 26 heavy (non-hydrogen) atoms. The minimum atomic E-state index is -3.93. The molecular weight excluding hydrogens is 351 g/mol. The zero-order valence-corrected chi connectivity index (χ0v) is 15.8. The summed E-state index contributed by atoms with van der Waals surface area (Å²) in [6.45, 7) is 5.85. The average Bonchev–Trinajstić information content (AvgIpc) is 2.60. The molecule has 4 nitrogen and oxygen atoms in total. The maximum Gasteiger partial charge on any atom is 0.284 e. The fraction of sp³-hybridized carbons (Fsp3) is 0.350. The first-order valence-electron chi connectivity index (χ1n) is 8.76. The van der Waals surface area contributed by atoms with Crippen LogP contribution in [0.3, 0.4) is 0 Å². The van der Waals surface area contributed by atoms with Gasteiger partial charge in [-0.25, -0.2) is 4.39 Å². The topological polar surface area (TPSA) is 49.7 Å². The second kappa shape index (κ2) is 7.58. The number of likely N-dealkylation sites (tertiary alicyclic amines) is 1. The lowest BCUT2D eigenvalue weighted by atomic mass is 9.91. The third kappa shape index (κ3) is 4.30. The summed E-state index contributed by atoms with van der Waals surface area (Å²) in [6.07, 6.45) is 1.11. The lowest BCUT2D eigenvalue weighted by molar-refractivity contribution is 0.214. The standard InChI is InChI=1S/C20H23FN2O2S/c1-15-12-16(2)14-23(13-15)20(17-6-4-3-5-7-17)22-26(24,25)19-10-8-18(21)9-11-19/h3-11,15-16H,12-14H2,1-2H3/t15-,16-/m1/s1. The Bertz CT molecular complexity index is 870. The van der Waals surface area contributed by atoms with Crippen LogP contribution in [0, 0.1) is 17.7 Å². The summed E-state index contributed by atoms with van der Waals surface area (Å²) < 4.78 is 42.9.